The number of halogens is 4. The summed E-state index contributed by atoms with van der Waals surface area (Å²) in [5.74, 6) is 0. The average Bonchev–Trinajstić information content (AvgIpc) is 2.41. The third kappa shape index (κ3) is 3.70. The Balaban J connectivity index is 2.41. The molecule has 1 aromatic heterocycles. The smallest absolute Gasteiger partial charge is 0.268 e. The number of rotatable bonds is 4. The number of benzene rings is 1. The van der Waals surface area contributed by atoms with E-state index < -0.39 is 22.0 Å². The van der Waals surface area contributed by atoms with E-state index in [1.807, 2.05) is 0 Å². The highest BCUT2D eigenvalue weighted by Crippen LogP contribution is 2.41. The van der Waals surface area contributed by atoms with Crippen LogP contribution in [-0.2, 0) is 0 Å². The molecule has 0 spiro atoms. The highest BCUT2D eigenvalue weighted by molar-refractivity contribution is 8.00. The minimum atomic E-state index is -3.81. The molecule has 2 aromatic rings. The summed E-state index contributed by atoms with van der Waals surface area (Å²) in [6, 6.07) is 7.46. The van der Waals surface area contributed by atoms with Crippen molar-refractivity contribution in [3.63, 3.8) is 0 Å². The first-order chi connectivity index (χ1) is 9.79. The lowest BCUT2D eigenvalue weighted by Gasteiger charge is -2.15. The molecular formula is C12H8ClF3N2O2S. The van der Waals surface area contributed by atoms with Crippen molar-refractivity contribution in [1.82, 2.24) is 9.78 Å². The van der Waals surface area contributed by atoms with Gasteiger partial charge in [-0.3, -0.25) is 14.7 Å². The van der Waals surface area contributed by atoms with Crippen molar-refractivity contribution >= 4 is 23.4 Å². The van der Waals surface area contributed by atoms with Crippen molar-refractivity contribution in [2.45, 2.75) is 15.8 Å². The normalized spacial score (nSPS) is 13.1. The van der Waals surface area contributed by atoms with Crippen LogP contribution in [0.2, 0.25) is 0 Å². The highest BCUT2D eigenvalue weighted by atomic mass is 35.5. The van der Waals surface area contributed by atoms with E-state index in [0.717, 1.165) is 16.8 Å². The van der Waals surface area contributed by atoms with Gasteiger partial charge < -0.3 is 0 Å². The fourth-order valence-corrected chi connectivity index (χ4v) is 2.37. The van der Waals surface area contributed by atoms with Crippen LogP contribution in [0.25, 0.3) is 5.69 Å². The molecule has 0 amide bonds. The van der Waals surface area contributed by atoms with Crippen LogP contribution in [0.4, 0.5) is 13.2 Å². The molecule has 1 N–H and O–H groups in total. The molecule has 0 aliphatic rings. The lowest BCUT2D eigenvalue weighted by atomic mass is 10.3. The van der Waals surface area contributed by atoms with Gasteiger partial charge in [0.15, 0.2) is 0 Å². The first-order valence-electron chi connectivity index (χ1n) is 5.57. The topological polar surface area (TPSA) is 54.9 Å². The van der Waals surface area contributed by atoms with Gasteiger partial charge in [-0.05, 0) is 30.0 Å². The second-order valence-electron chi connectivity index (χ2n) is 3.94. The maximum absolute atomic E-state index is 13.2. The van der Waals surface area contributed by atoms with Crippen molar-refractivity contribution in [1.29, 1.82) is 0 Å². The molecule has 4 nitrogen and oxygen atoms in total. The fraction of sp³-hybridized carbons (Fsp3) is 0.167. The van der Waals surface area contributed by atoms with Crippen molar-refractivity contribution in [3.8, 4) is 5.69 Å². The SMILES string of the molecule is O=c1ccc(=O)n(-c2cccc(SC(F)(F)C(F)Cl)c2)[nH]1. The van der Waals surface area contributed by atoms with Gasteiger partial charge in [-0.1, -0.05) is 17.7 Å². The van der Waals surface area contributed by atoms with E-state index in [2.05, 4.69) is 5.10 Å². The molecule has 2 rings (SSSR count). The van der Waals surface area contributed by atoms with Gasteiger partial charge >= 0.3 is 5.25 Å². The summed E-state index contributed by atoms with van der Waals surface area (Å²) in [5.41, 5.74) is -3.74. The van der Waals surface area contributed by atoms with E-state index in [1.54, 1.807) is 0 Å². The zero-order valence-corrected chi connectivity index (χ0v) is 11.8. The maximum atomic E-state index is 13.2. The Morgan fingerprint density at radius 1 is 1.24 bits per heavy atom. The number of nitrogens with zero attached hydrogens (tertiary/aromatic N) is 1. The first-order valence-corrected chi connectivity index (χ1v) is 6.83. The largest absolute Gasteiger partial charge is 0.342 e. The number of thioether (sulfide) groups is 1. The Morgan fingerprint density at radius 2 is 1.95 bits per heavy atom. The van der Waals surface area contributed by atoms with E-state index >= 15 is 0 Å². The van der Waals surface area contributed by atoms with Crippen LogP contribution in [-0.4, -0.2) is 20.7 Å². The Morgan fingerprint density at radius 3 is 2.62 bits per heavy atom. The van der Waals surface area contributed by atoms with Gasteiger partial charge in [0.2, 0.25) is 5.63 Å². The molecule has 1 heterocycles. The second kappa shape index (κ2) is 5.98. The van der Waals surface area contributed by atoms with Gasteiger partial charge in [0.05, 0.1) is 5.69 Å². The molecule has 1 atom stereocenters. The minimum Gasteiger partial charge on any atom is -0.268 e. The van der Waals surface area contributed by atoms with Crippen molar-refractivity contribution < 1.29 is 13.2 Å². The molecule has 0 bridgehead atoms. The molecule has 0 aliphatic heterocycles. The Kier molecular flexibility index (Phi) is 4.48. The molecule has 21 heavy (non-hydrogen) atoms. The fourth-order valence-electron chi connectivity index (χ4n) is 1.50. The van der Waals surface area contributed by atoms with Crippen LogP contribution in [0.5, 0.6) is 0 Å². The van der Waals surface area contributed by atoms with Crippen molar-refractivity contribution in [2.75, 3.05) is 0 Å². The first kappa shape index (κ1) is 15.7. The zero-order valence-electron chi connectivity index (χ0n) is 10.2. The summed E-state index contributed by atoms with van der Waals surface area (Å²) in [6.45, 7) is 0. The van der Waals surface area contributed by atoms with E-state index in [4.69, 9.17) is 11.6 Å². The summed E-state index contributed by atoms with van der Waals surface area (Å²) in [5, 5.41) is -1.55. The summed E-state index contributed by atoms with van der Waals surface area (Å²) in [4.78, 5) is 22.8. The lowest BCUT2D eigenvalue weighted by molar-refractivity contribution is 0.0537. The third-order valence-electron chi connectivity index (χ3n) is 2.40. The summed E-state index contributed by atoms with van der Waals surface area (Å²) >= 11 is 4.71. The van der Waals surface area contributed by atoms with Crippen LogP contribution in [0, 0.1) is 0 Å². The zero-order chi connectivity index (χ0) is 15.6. The number of aromatic nitrogens is 2. The van der Waals surface area contributed by atoms with E-state index in [-0.39, 0.29) is 22.3 Å². The summed E-state index contributed by atoms with van der Waals surface area (Å²) in [7, 11) is 0. The van der Waals surface area contributed by atoms with Crippen LogP contribution < -0.4 is 11.1 Å². The van der Waals surface area contributed by atoms with Crippen LogP contribution >= 0.6 is 23.4 Å². The van der Waals surface area contributed by atoms with E-state index in [9.17, 15) is 22.8 Å². The van der Waals surface area contributed by atoms with Gasteiger partial charge in [0.1, 0.15) is 0 Å². The van der Waals surface area contributed by atoms with Crippen molar-refractivity contribution in [2.24, 2.45) is 0 Å². The quantitative estimate of drug-likeness (QED) is 0.690. The summed E-state index contributed by atoms with van der Waals surface area (Å²) < 4.78 is 40.0. The predicted octanol–water partition coefficient (Wildman–Crippen LogP) is 2.75. The molecule has 0 fully saturated rings. The van der Waals surface area contributed by atoms with Gasteiger partial charge in [-0.25, -0.2) is 9.07 Å². The minimum absolute atomic E-state index is 0.00241. The predicted molar refractivity (Wildman–Crippen MR) is 74.2 cm³/mol. The lowest BCUT2D eigenvalue weighted by Crippen LogP contribution is -2.26. The molecule has 9 heteroatoms. The third-order valence-corrected chi connectivity index (χ3v) is 3.78. The van der Waals surface area contributed by atoms with Gasteiger partial charge in [0.25, 0.3) is 11.1 Å². The maximum Gasteiger partial charge on any atom is 0.342 e. The van der Waals surface area contributed by atoms with Crippen LogP contribution in [0.1, 0.15) is 0 Å². The Hall–Kier alpha value is -1.67. The van der Waals surface area contributed by atoms with Gasteiger partial charge in [-0.2, -0.15) is 8.78 Å². The van der Waals surface area contributed by atoms with Gasteiger partial charge in [0, 0.05) is 17.0 Å². The molecule has 112 valence electrons. The van der Waals surface area contributed by atoms with Crippen LogP contribution in [0.3, 0.4) is 0 Å². The number of alkyl halides is 4. The molecule has 0 saturated carbocycles. The second-order valence-corrected chi connectivity index (χ2v) is 5.55. The monoisotopic (exact) mass is 336 g/mol. The number of H-pyrrole nitrogens is 1. The van der Waals surface area contributed by atoms with E-state index in [0.29, 0.717) is 0 Å². The van der Waals surface area contributed by atoms with E-state index in [1.165, 1.54) is 24.3 Å². The molecular weight excluding hydrogens is 329 g/mol. The molecule has 0 aliphatic carbocycles. The Labute approximate surface area is 125 Å². The molecule has 0 saturated heterocycles. The molecule has 1 unspecified atom stereocenters. The van der Waals surface area contributed by atoms with Crippen LogP contribution in [0.15, 0.2) is 50.9 Å². The molecule has 0 radical (unpaired) electrons. The van der Waals surface area contributed by atoms with Gasteiger partial charge in [-0.15, -0.1) is 0 Å². The number of hydrogen-bond acceptors (Lipinski definition) is 3. The average molecular weight is 337 g/mol. The standard InChI is InChI=1S/C12H8ClF3N2O2S/c13-11(14)12(15,16)21-8-3-1-2-7(6-8)18-10(20)5-4-9(19)17-18/h1-6,11H,(H,17,19). The summed E-state index contributed by atoms with van der Waals surface area (Å²) in [6.07, 6.45) is 0. The molecule has 1 aromatic carbocycles. The highest BCUT2D eigenvalue weighted by Gasteiger charge is 2.40. The number of hydrogen-bond donors (Lipinski definition) is 1. The number of aromatic amines is 1. The van der Waals surface area contributed by atoms with Crippen molar-refractivity contribution in [3.05, 3.63) is 57.1 Å². The Bertz CT molecular complexity index is 760. The number of nitrogens with one attached hydrogen (secondary N) is 1.